The standard InChI is InChI=1S/C20H20N2O2S/c1-3-24-20(23)18-14-25-19(21-18)16-9-7-8-15(12-16)13-22(2)17-10-5-4-6-11-17/h4-12,14H,3,13H2,1-2H3. The van der Waals surface area contributed by atoms with Crippen LogP contribution in [0.4, 0.5) is 5.69 Å². The normalized spacial score (nSPS) is 10.5. The van der Waals surface area contributed by atoms with Gasteiger partial charge in [-0.1, -0.05) is 36.4 Å². The average molecular weight is 352 g/mol. The first-order valence-electron chi connectivity index (χ1n) is 8.15. The largest absolute Gasteiger partial charge is 0.461 e. The van der Waals surface area contributed by atoms with Crippen molar-refractivity contribution in [1.82, 2.24) is 4.98 Å². The number of anilines is 1. The van der Waals surface area contributed by atoms with Crippen LogP contribution in [0.25, 0.3) is 10.6 Å². The summed E-state index contributed by atoms with van der Waals surface area (Å²) < 4.78 is 5.00. The molecule has 1 aromatic heterocycles. The SMILES string of the molecule is CCOC(=O)c1csc(-c2cccc(CN(C)c3ccccc3)c2)n1. The molecule has 0 atom stereocenters. The van der Waals surface area contributed by atoms with Gasteiger partial charge >= 0.3 is 5.97 Å². The highest BCUT2D eigenvalue weighted by molar-refractivity contribution is 7.13. The Morgan fingerprint density at radius 1 is 1.16 bits per heavy atom. The van der Waals surface area contributed by atoms with E-state index in [9.17, 15) is 4.79 Å². The smallest absolute Gasteiger partial charge is 0.357 e. The molecule has 0 N–H and O–H groups in total. The molecule has 25 heavy (non-hydrogen) atoms. The molecule has 0 aliphatic carbocycles. The highest BCUT2D eigenvalue weighted by Gasteiger charge is 2.13. The molecule has 3 rings (SSSR count). The molecule has 0 unspecified atom stereocenters. The highest BCUT2D eigenvalue weighted by atomic mass is 32.1. The Kier molecular flexibility index (Phi) is 5.46. The Labute approximate surface area is 151 Å². The number of hydrogen-bond acceptors (Lipinski definition) is 5. The van der Waals surface area contributed by atoms with Crippen molar-refractivity contribution >= 4 is 23.0 Å². The van der Waals surface area contributed by atoms with Crippen molar-refractivity contribution in [3.05, 3.63) is 71.2 Å². The molecule has 0 amide bonds. The van der Waals surface area contributed by atoms with Gasteiger partial charge < -0.3 is 9.64 Å². The minimum atomic E-state index is -0.370. The summed E-state index contributed by atoms with van der Waals surface area (Å²) in [4.78, 5) is 18.4. The first kappa shape index (κ1) is 17.2. The van der Waals surface area contributed by atoms with Gasteiger partial charge in [0.05, 0.1) is 6.61 Å². The van der Waals surface area contributed by atoms with E-state index in [2.05, 4.69) is 41.2 Å². The van der Waals surface area contributed by atoms with E-state index in [1.54, 1.807) is 12.3 Å². The summed E-state index contributed by atoms with van der Waals surface area (Å²) in [5.74, 6) is -0.370. The zero-order chi connectivity index (χ0) is 17.6. The topological polar surface area (TPSA) is 42.4 Å². The van der Waals surface area contributed by atoms with Crippen LogP contribution in [-0.4, -0.2) is 24.6 Å². The highest BCUT2D eigenvalue weighted by Crippen LogP contribution is 2.26. The molecule has 2 aromatic carbocycles. The second-order valence-electron chi connectivity index (χ2n) is 5.65. The molecule has 0 aliphatic heterocycles. The van der Waals surface area contributed by atoms with E-state index in [0.29, 0.717) is 12.3 Å². The van der Waals surface area contributed by atoms with E-state index in [0.717, 1.165) is 17.1 Å². The molecule has 128 valence electrons. The third-order valence-electron chi connectivity index (χ3n) is 3.78. The molecule has 0 spiro atoms. The number of esters is 1. The number of ether oxygens (including phenoxy) is 1. The van der Waals surface area contributed by atoms with Gasteiger partial charge in [-0.25, -0.2) is 9.78 Å². The second kappa shape index (κ2) is 7.94. The number of rotatable bonds is 6. The second-order valence-corrected chi connectivity index (χ2v) is 6.51. The van der Waals surface area contributed by atoms with Crippen molar-refractivity contribution in [2.75, 3.05) is 18.6 Å². The Hall–Kier alpha value is -2.66. The number of carbonyl (C=O) groups is 1. The molecule has 0 radical (unpaired) electrons. The van der Waals surface area contributed by atoms with E-state index >= 15 is 0 Å². The lowest BCUT2D eigenvalue weighted by Crippen LogP contribution is -2.16. The summed E-state index contributed by atoms with van der Waals surface area (Å²) in [5.41, 5.74) is 3.75. The summed E-state index contributed by atoms with van der Waals surface area (Å²) in [5, 5.41) is 2.57. The lowest BCUT2D eigenvalue weighted by molar-refractivity contribution is 0.0520. The van der Waals surface area contributed by atoms with Gasteiger partial charge in [0, 0.05) is 30.2 Å². The summed E-state index contributed by atoms with van der Waals surface area (Å²) >= 11 is 1.46. The summed E-state index contributed by atoms with van der Waals surface area (Å²) in [6.07, 6.45) is 0. The van der Waals surface area contributed by atoms with Crippen LogP contribution in [0.3, 0.4) is 0 Å². The van der Waals surface area contributed by atoms with Crippen LogP contribution in [-0.2, 0) is 11.3 Å². The fourth-order valence-corrected chi connectivity index (χ4v) is 3.34. The van der Waals surface area contributed by atoms with Crippen LogP contribution in [0.1, 0.15) is 23.0 Å². The number of hydrogen-bond donors (Lipinski definition) is 0. The van der Waals surface area contributed by atoms with Crippen LogP contribution in [0.5, 0.6) is 0 Å². The van der Waals surface area contributed by atoms with Crippen molar-refractivity contribution in [2.24, 2.45) is 0 Å². The van der Waals surface area contributed by atoms with E-state index in [1.807, 2.05) is 30.3 Å². The zero-order valence-corrected chi connectivity index (χ0v) is 15.1. The minimum absolute atomic E-state index is 0.354. The van der Waals surface area contributed by atoms with Crippen LogP contribution < -0.4 is 4.90 Å². The number of benzene rings is 2. The maximum atomic E-state index is 11.8. The third-order valence-corrected chi connectivity index (χ3v) is 4.67. The molecule has 5 heteroatoms. The minimum Gasteiger partial charge on any atom is -0.461 e. The van der Waals surface area contributed by atoms with Gasteiger partial charge in [0.15, 0.2) is 5.69 Å². The molecule has 4 nitrogen and oxygen atoms in total. The van der Waals surface area contributed by atoms with Crippen LogP contribution in [0, 0.1) is 0 Å². The molecular weight excluding hydrogens is 332 g/mol. The van der Waals surface area contributed by atoms with Gasteiger partial charge in [0.2, 0.25) is 0 Å². The number of thiazole rings is 1. The molecule has 0 bridgehead atoms. The maximum absolute atomic E-state index is 11.8. The lowest BCUT2D eigenvalue weighted by Gasteiger charge is -2.19. The first-order valence-corrected chi connectivity index (χ1v) is 9.03. The van der Waals surface area contributed by atoms with Crippen molar-refractivity contribution < 1.29 is 9.53 Å². The van der Waals surface area contributed by atoms with Crippen LogP contribution in [0.2, 0.25) is 0 Å². The van der Waals surface area contributed by atoms with Gasteiger partial charge in [0.1, 0.15) is 5.01 Å². The summed E-state index contributed by atoms with van der Waals surface area (Å²) in [6, 6.07) is 18.5. The number of carbonyl (C=O) groups excluding carboxylic acids is 1. The van der Waals surface area contributed by atoms with Crippen molar-refractivity contribution in [1.29, 1.82) is 0 Å². The molecule has 0 saturated carbocycles. The van der Waals surface area contributed by atoms with E-state index in [1.165, 1.54) is 22.6 Å². The molecule has 1 heterocycles. The Morgan fingerprint density at radius 3 is 2.72 bits per heavy atom. The van der Waals surface area contributed by atoms with E-state index < -0.39 is 0 Å². The molecular formula is C20H20N2O2S. The predicted molar refractivity (Wildman–Crippen MR) is 102 cm³/mol. The molecule has 0 fully saturated rings. The fourth-order valence-electron chi connectivity index (χ4n) is 2.56. The van der Waals surface area contributed by atoms with Crippen molar-refractivity contribution in [3.8, 4) is 10.6 Å². The Bertz CT molecular complexity index is 846. The van der Waals surface area contributed by atoms with Crippen molar-refractivity contribution in [2.45, 2.75) is 13.5 Å². The maximum Gasteiger partial charge on any atom is 0.357 e. The quantitative estimate of drug-likeness (QED) is 0.607. The predicted octanol–water partition coefficient (Wildman–Crippen LogP) is 4.62. The van der Waals surface area contributed by atoms with E-state index in [4.69, 9.17) is 4.74 Å². The first-order chi connectivity index (χ1) is 12.2. The number of nitrogens with zero attached hydrogens (tertiary/aromatic N) is 2. The van der Waals surface area contributed by atoms with Crippen LogP contribution >= 0.6 is 11.3 Å². The van der Waals surface area contributed by atoms with Gasteiger partial charge in [-0.3, -0.25) is 0 Å². The third kappa shape index (κ3) is 4.25. The average Bonchev–Trinajstić information content (AvgIpc) is 3.13. The van der Waals surface area contributed by atoms with Gasteiger partial charge in [-0.05, 0) is 30.7 Å². The van der Waals surface area contributed by atoms with Gasteiger partial charge in [-0.2, -0.15) is 0 Å². The van der Waals surface area contributed by atoms with Gasteiger partial charge in [-0.15, -0.1) is 11.3 Å². The lowest BCUT2D eigenvalue weighted by atomic mass is 10.1. The number of para-hydroxylation sites is 1. The molecule has 0 aliphatic rings. The number of aromatic nitrogens is 1. The monoisotopic (exact) mass is 352 g/mol. The van der Waals surface area contributed by atoms with Crippen LogP contribution in [0.15, 0.2) is 60.0 Å². The van der Waals surface area contributed by atoms with E-state index in [-0.39, 0.29) is 5.97 Å². The molecule has 0 saturated heterocycles. The van der Waals surface area contributed by atoms with Crippen molar-refractivity contribution in [3.63, 3.8) is 0 Å². The zero-order valence-electron chi connectivity index (χ0n) is 14.3. The Morgan fingerprint density at radius 2 is 1.96 bits per heavy atom. The Balaban J connectivity index is 1.77. The molecule has 3 aromatic rings. The summed E-state index contributed by atoms with van der Waals surface area (Å²) in [7, 11) is 2.07. The van der Waals surface area contributed by atoms with Gasteiger partial charge in [0.25, 0.3) is 0 Å². The fraction of sp³-hybridized carbons (Fsp3) is 0.200. The summed E-state index contributed by atoms with van der Waals surface area (Å²) in [6.45, 7) is 2.94.